The third kappa shape index (κ3) is 2.87. The first-order valence-electron chi connectivity index (χ1n) is 9.51. The second-order valence-corrected chi connectivity index (χ2v) is 7.18. The van der Waals surface area contributed by atoms with E-state index in [0.717, 1.165) is 16.3 Å². The maximum atomic E-state index is 13.2. The van der Waals surface area contributed by atoms with E-state index in [0.29, 0.717) is 11.7 Å². The molecule has 0 radical (unpaired) electrons. The van der Waals surface area contributed by atoms with Crippen molar-refractivity contribution in [2.45, 2.75) is 25.6 Å². The third-order valence-electron chi connectivity index (χ3n) is 5.48. The Morgan fingerprint density at radius 3 is 2.63 bits per heavy atom. The van der Waals surface area contributed by atoms with Crippen molar-refractivity contribution in [2.24, 2.45) is 4.99 Å². The fourth-order valence-corrected chi connectivity index (χ4v) is 3.98. The van der Waals surface area contributed by atoms with Gasteiger partial charge in [0.1, 0.15) is 5.75 Å². The predicted molar refractivity (Wildman–Crippen MR) is 108 cm³/mol. The Morgan fingerprint density at radius 2 is 1.93 bits per heavy atom. The first kappa shape index (κ1) is 19.7. The van der Waals surface area contributed by atoms with Crippen LogP contribution in [0.5, 0.6) is 5.75 Å². The van der Waals surface area contributed by atoms with Crippen LogP contribution < -0.4 is 9.64 Å². The van der Waals surface area contributed by atoms with Crippen molar-refractivity contribution < 1.29 is 23.9 Å². The predicted octanol–water partition coefficient (Wildman–Crippen LogP) is 1.20. The lowest BCUT2D eigenvalue weighted by molar-refractivity contribution is -0.142. The van der Waals surface area contributed by atoms with Gasteiger partial charge in [-0.2, -0.15) is 0 Å². The molecular formula is C20H23N5O5. The lowest BCUT2D eigenvalue weighted by Gasteiger charge is -2.40. The molecule has 3 heterocycles. The second kappa shape index (κ2) is 7.36. The molecule has 3 aliphatic rings. The van der Waals surface area contributed by atoms with Crippen molar-refractivity contribution in [3.63, 3.8) is 0 Å². The highest BCUT2D eigenvalue weighted by molar-refractivity contribution is 6.10. The van der Waals surface area contributed by atoms with Crippen LogP contribution in [0.2, 0.25) is 0 Å². The maximum Gasteiger partial charge on any atom is 0.328 e. The highest BCUT2D eigenvalue weighted by atomic mass is 16.5. The number of likely N-dealkylation sites (N-methyl/N-ethyl adjacent to an activating group) is 1. The van der Waals surface area contributed by atoms with Crippen molar-refractivity contribution in [1.29, 1.82) is 0 Å². The van der Waals surface area contributed by atoms with E-state index in [1.165, 1.54) is 12.0 Å². The normalized spacial score (nSPS) is 22.7. The number of para-hydroxylation sites is 2. The Bertz CT molecular complexity index is 974. The van der Waals surface area contributed by atoms with E-state index in [4.69, 9.17) is 9.73 Å². The number of benzene rings is 1. The van der Waals surface area contributed by atoms with Gasteiger partial charge in [-0.1, -0.05) is 12.1 Å². The molecule has 3 amide bonds. The summed E-state index contributed by atoms with van der Waals surface area (Å²) in [5.74, 6) is 0.342. The second-order valence-electron chi connectivity index (χ2n) is 7.18. The van der Waals surface area contributed by atoms with Crippen molar-refractivity contribution >= 4 is 29.6 Å². The molecule has 0 bridgehead atoms. The summed E-state index contributed by atoms with van der Waals surface area (Å²) >= 11 is 0. The van der Waals surface area contributed by atoms with Crippen LogP contribution in [0.1, 0.15) is 13.3 Å². The minimum atomic E-state index is -0.699. The quantitative estimate of drug-likeness (QED) is 0.670. The molecule has 158 valence electrons. The number of urea groups is 1. The Hall–Kier alpha value is -3.56. The molecule has 1 aromatic rings. The molecule has 3 aliphatic heterocycles. The van der Waals surface area contributed by atoms with Crippen LogP contribution in [-0.4, -0.2) is 78.6 Å². The Balaban J connectivity index is 1.66. The monoisotopic (exact) mass is 413 g/mol. The number of anilines is 1. The lowest BCUT2D eigenvalue weighted by atomic mass is 10.1. The average molecular weight is 413 g/mol. The van der Waals surface area contributed by atoms with Crippen molar-refractivity contribution in [2.75, 3.05) is 32.7 Å². The van der Waals surface area contributed by atoms with E-state index < -0.39 is 30.1 Å². The van der Waals surface area contributed by atoms with E-state index in [2.05, 4.69) is 4.74 Å². The Morgan fingerprint density at radius 1 is 1.20 bits per heavy atom. The summed E-state index contributed by atoms with van der Waals surface area (Å²) in [5, 5.41) is 0. The van der Waals surface area contributed by atoms with E-state index in [9.17, 15) is 14.4 Å². The molecular weight excluding hydrogens is 390 g/mol. The van der Waals surface area contributed by atoms with Gasteiger partial charge in [0.25, 0.3) is 5.91 Å². The van der Waals surface area contributed by atoms with Crippen LogP contribution in [0.3, 0.4) is 0 Å². The number of fused-ring (bicyclic) bond motifs is 3. The highest BCUT2D eigenvalue weighted by Gasteiger charge is 2.54. The van der Waals surface area contributed by atoms with Crippen LogP contribution in [0.15, 0.2) is 41.2 Å². The summed E-state index contributed by atoms with van der Waals surface area (Å²) in [6.07, 6.45) is 1.13. The molecule has 0 aromatic heterocycles. The number of carbonyl (C=O) groups excluding carboxylic acids is 3. The smallest absolute Gasteiger partial charge is 0.328 e. The van der Waals surface area contributed by atoms with Gasteiger partial charge in [0, 0.05) is 25.5 Å². The summed E-state index contributed by atoms with van der Waals surface area (Å²) in [4.78, 5) is 48.4. The summed E-state index contributed by atoms with van der Waals surface area (Å²) in [7, 11) is 4.47. The number of methoxy groups -OCH3 is 2. The molecule has 10 heteroatoms. The van der Waals surface area contributed by atoms with Gasteiger partial charge in [0.15, 0.2) is 12.2 Å². The standard InChI is InChI=1S/C20H23N5O5/c1-12-11-24-16-17(21-19(24)25(12)13-7-5-6-8-14(13)29-3)22(2)20(28)23(18(16)27)10-9-15(26)30-4/h5-8,11,16-17H,9-10H2,1-4H3. The minimum Gasteiger partial charge on any atom is -0.495 e. The van der Waals surface area contributed by atoms with Gasteiger partial charge >= 0.3 is 12.0 Å². The zero-order valence-corrected chi connectivity index (χ0v) is 17.2. The summed E-state index contributed by atoms with van der Waals surface area (Å²) in [6.45, 7) is 1.87. The summed E-state index contributed by atoms with van der Waals surface area (Å²) in [5.41, 5.74) is 1.66. The molecule has 2 unspecified atom stereocenters. The van der Waals surface area contributed by atoms with Gasteiger partial charge in [-0.05, 0) is 19.1 Å². The maximum absolute atomic E-state index is 13.2. The summed E-state index contributed by atoms with van der Waals surface area (Å²) in [6, 6.07) is 6.34. The van der Waals surface area contributed by atoms with Crippen molar-refractivity contribution in [3.05, 3.63) is 36.2 Å². The van der Waals surface area contributed by atoms with Crippen LogP contribution in [-0.2, 0) is 14.3 Å². The molecule has 0 N–H and O–H groups in total. The van der Waals surface area contributed by atoms with E-state index >= 15 is 0 Å². The Kier molecular flexibility index (Phi) is 4.84. The number of guanidine groups is 1. The van der Waals surface area contributed by atoms with E-state index in [1.807, 2.05) is 42.3 Å². The molecule has 1 aromatic carbocycles. The van der Waals surface area contributed by atoms with E-state index in [1.54, 1.807) is 19.1 Å². The average Bonchev–Trinajstić information content (AvgIpc) is 3.26. The fraction of sp³-hybridized carbons (Fsp3) is 0.400. The first-order chi connectivity index (χ1) is 14.4. The fourth-order valence-electron chi connectivity index (χ4n) is 3.98. The number of rotatable bonds is 5. The van der Waals surface area contributed by atoms with Crippen LogP contribution in [0, 0.1) is 0 Å². The van der Waals surface area contributed by atoms with Gasteiger partial charge in [-0.15, -0.1) is 0 Å². The molecule has 2 atom stereocenters. The van der Waals surface area contributed by atoms with Crippen LogP contribution in [0.25, 0.3) is 0 Å². The molecule has 4 rings (SSSR count). The number of ether oxygens (including phenoxy) is 2. The number of aliphatic imine (C=N–C) groups is 1. The first-order valence-corrected chi connectivity index (χ1v) is 9.51. The van der Waals surface area contributed by atoms with Crippen LogP contribution >= 0.6 is 0 Å². The molecule has 0 aliphatic carbocycles. The number of esters is 1. The number of nitrogens with zero attached hydrogens (tertiary/aromatic N) is 5. The zero-order chi connectivity index (χ0) is 21.6. The molecule has 10 nitrogen and oxygen atoms in total. The lowest BCUT2D eigenvalue weighted by Crippen LogP contribution is -2.64. The van der Waals surface area contributed by atoms with Gasteiger partial charge in [0.05, 0.1) is 26.3 Å². The molecule has 1 saturated heterocycles. The van der Waals surface area contributed by atoms with Crippen LogP contribution in [0.4, 0.5) is 10.5 Å². The number of carbonyl (C=O) groups is 3. The van der Waals surface area contributed by atoms with Crippen molar-refractivity contribution in [1.82, 2.24) is 14.7 Å². The Labute approximate surface area is 173 Å². The van der Waals surface area contributed by atoms with Gasteiger partial charge in [-0.3, -0.25) is 19.4 Å². The highest BCUT2D eigenvalue weighted by Crippen LogP contribution is 2.39. The number of imide groups is 1. The molecule has 1 fully saturated rings. The van der Waals surface area contributed by atoms with Gasteiger partial charge in [0.2, 0.25) is 5.96 Å². The largest absolute Gasteiger partial charge is 0.495 e. The molecule has 0 saturated carbocycles. The number of allylic oxidation sites excluding steroid dienone is 1. The third-order valence-corrected chi connectivity index (χ3v) is 5.48. The zero-order valence-electron chi connectivity index (χ0n) is 17.2. The molecule has 30 heavy (non-hydrogen) atoms. The number of amides is 3. The SMILES string of the molecule is COC(=O)CCN1C(=O)C2C(N=C3N(c4ccccc4OC)C(C)=CN32)N(C)C1=O. The number of hydrogen-bond acceptors (Lipinski definition) is 8. The minimum absolute atomic E-state index is 0.0417. The van der Waals surface area contributed by atoms with E-state index in [-0.39, 0.29) is 13.0 Å². The molecule has 0 spiro atoms. The topological polar surface area (TPSA) is 95.0 Å². The van der Waals surface area contributed by atoms with Gasteiger partial charge < -0.3 is 19.3 Å². The summed E-state index contributed by atoms with van der Waals surface area (Å²) < 4.78 is 10.1. The van der Waals surface area contributed by atoms with Crippen molar-refractivity contribution in [3.8, 4) is 5.75 Å². The number of hydrogen-bond donors (Lipinski definition) is 0. The van der Waals surface area contributed by atoms with Gasteiger partial charge in [-0.25, -0.2) is 9.79 Å².